The number of aromatic nitrogens is 5. The third-order valence-electron chi connectivity index (χ3n) is 4.37. The molecule has 7 nitrogen and oxygen atoms in total. The zero-order valence-corrected chi connectivity index (χ0v) is 14.3. The molecule has 1 saturated heterocycles. The van der Waals surface area contributed by atoms with E-state index < -0.39 is 0 Å². The summed E-state index contributed by atoms with van der Waals surface area (Å²) in [5.74, 6) is 0.916. The first-order valence-electron chi connectivity index (χ1n) is 7.64. The van der Waals surface area contributed by atoms with Crippen molar-refractivity contribution >= 4 is 22.8 Å². The molecule has 120 valence electrons. The Hall–Kier alpha value is -2.06. The lowest BCUT2D eigenvalue weighted by Gasteiger charge is -2.44. The van der Waals surface area contributed by atoms with Gasteiger partial charge in [-0.05, 0) is 20.9 Å². The molecule has 0 aliphatic carbocycles. The first-order valence-corrected chi connectivity index (χ1v) is 8.46. The highest BCUT2D eigenvalue weighted by Crippen LogP contribution is 2.26. The third kappa shape index (κ3) is 2.57. The van der Waals surface area contributed by atoms with Gasteiger partial charge in [-0.25, -0.2) is 9.97 Å². The molecule has 23 heavy (non-hydrogen) atoms. The average molecular weight is 329 g/mol. The predicted molar refractivity (Wildman–Crippen MR) is 89.8 cm³/mol. The average Bonchev–Trinajstić information content (AvgIpc) is 3.04. The number of likely N-dealkylation sites (N-methyl/N-ethyl adjacent to an activating group) is 1. The van der Waals surface area contributed by atoms with E-state index in [9.17, 15) is 0 Å². The lowest BCUT2D eigenvalue weighted by atomic mass is 10.1. The zero-order valence-electron chi connectivity index (χ0n) is 13.5. The topological polar surface area (TPSA) is 62.5 Å². The Labute approximate surface area is 138 Å². The lowest BCUT2D eigenvalue weighted by Crippen LogP contribution is -2.58. The maximum atomic E-state index is 4.51. The van der Waals surface area contributed by atoms with Gasteiger partial charge < -0.3 is 4.90 Å². The molecule has 8 heteroatoms. The molecule has 3 aromatic rings. The van der Waals surface area contributed by atoms with Crippen LogP contribution in [-0.2, 0) is 6.54 Å². The lowest BCUT2D eigenvalue weighted by molar-refractivity contribution is 0.198. The van der Waals surface area contributed by atoms with E-state index in [0.29, 0.717) is 6.04 Å². The van der Waals surface area contributed by atoms with Crippen molar-refractivity contribution in [1.29, 1.82) is 0 Å². The Balaban J connectivity index is 1.43. The van der Waals surface area contributed by atoms with Gasteiger partial charge >= 0.3 is 0 Å². The summed E-state index contributed by atoms with van der Waals surface area (Å²) < 4.78 is 1.91. The smallest absolute Gasteiger partial charge is 0.203 e. The molecule has 0 saturated carbocycles. The predicted octanol–water partition coefficient (Wildman–Crippen LogP) is 1.52. The second-order valence-electron chi connectivity index (χ2n) is 6.03. The summed E-state index contributed by atoms with van der Waals surface area (Å²) in [7, 11) is 2.18. The second kappa shape index (κ2) is 5.54. The van der Waals surface area contributed by atoms with Crippen molar-refractivity contribution in [3.63, 3.8) is 0 Å². The minimum atomic E-state index is 0.529. The molecule has 1 aliphatic rings. The van der Waals surface area contributed by atoms with Crippen molar-refractivity contribution in [2.75, 3.05) is 25.0 Å². The molecule has 0 spiro atoms. The van der Waals surface area contributed by atoms with E-state index in [1.54, 1.807) is 23.9 Å². The highest BCUT2D eigenvalue weighted by molar-refractivity contribution is 7.11. The van der Waals surface area contributed by atoms with E-state index >= 15 is 0 Å². The normalized spacial score (nSPS) is 15.6. The molecular formula is C15H19N7S. The second-order valence-corrected chi connectivity index (χ2v) is 7.32. The number of hydrogen-bond acceptors (Lipinski definition) is 7. The maximum absolute atomic E-state index is 4.51. The van der Waals surface area contributed by atoms with Gasteiger partial charge in [0.15, 0.2) is 5.82 Å². The molecule has 4 heterocycles. The van der Waals surface area contributed by atoms with Gasteiger partial charge in [0.05, 0.1) is 10.7 Å². The first kappa shape index (κ1) is 14.5. The number of aryl methyl sites for hydroxylation is 2. The summed E-state index contributed by atoms with van der Waals surface area (Å²) in [5.41, 5.74) is 1.98. The number of nitrogens with zero attached hydrogens (tertiary/aromatic N) is 7. The Morgan fingerprint density at radius 2 is 2.17 bits per heavy atom. The minimum Gasteiger partial charge on any atom is -0.350 e. The first-order chi connectivity index (χ1) is 11.1. The summed E-state index contributed by atoms with van der Waals surface area (Å²) >= 11 is 1.79. The molecule has 0 radical (unpaired) electrons. The summed E-state index contributed by atoms with van der Waals surface area (Å²) in [6, 6.07) is 0.529. The van der Waals surface area contributed by atoms with Gasteiger partial charge in [0.25, 0.3) is 0 Å². The molecule has 0 aromatic carbocycles. The number of anilines is 1. The van der Waals surface area contributed by atoms with Crippen molar-refractivity contribution in [1.82, 2.24) is 29.5 Å². The van der Waals surface area contributed by atoms with Crippen LogP contribution in [0, 0.1) is 13.8 Å². The summed E-state index contributed by atoms with van der Waals surface area (Å²) in [6.07, 6.45) is 5.38. The Bertz CT molecular complexity index is 833. The Kier molecular flexibility index (Phi) is 3.50. The van der Waals surface area contributed by atoms with Gasteiger partial charge in [-0.1, -0.05) is 0 Å². The van der Waals surface area contributed by atoms with Crippen LogP contribution < -0.4 is 4.90 Å². The monoisotopic (exact) mass is 329 g/mol. The number of fused-ring (bicyclic) bond motifs is 1. The number of thiazole rings is 1. The van der Waals surface area contributed by atoms with Gasteiger partial charge in [0.1, 0.15) is 6.33 Å². The molecule has 4 rings (SSSR count). The van der Waals surface area contributed by atoms with Crippen LogP contribution in [0.3, 0.4) is 0 Å². The van der Waals surface area contributed by atoms with Crippen LogP contribution in [0.5, 0.6) is 0 Å². The molecular weight excluding hydrogens is 310 g/mol. The molecule has 0 atom stereocenters. The largest absolute Gasteiger partial charge is 0.350 e. The van der Waals surface area contributed by atoms with E-state index in [1.165, 1.54) is 4.88 Å². The Morgan fingerprint density at radius 3 is 2.91 bits per heavy atom. The van der Waals surface area contributed by atoms with Gasteiger partial charge in [-0.3, -0.25) is 9.30 Å². The number of rotatable bonds is 4. The Morgan fingerprint density at radius 1 is 1.35 bits per heavy atom. The minimum absolute atomic E-state index is 0.529. The summed E-state index contributed by atoms with van der Waals surface area (Å²) in [6.45, 7) is 7.05. The third-order valence-corrected chi connectivity index (χ3v) is 5.43. The van der Waals surface area contributed by atoms with E-state index in [-0.39, 0.29) is 0 Å². The zero-order chi connectivity index (χ0) is 16.0. The summed E-state index contributed by atoms with van der Waals surface area (Å²) in [4.78, 5) is 15.0. The van der Waals surface area contributed by atoms with Gasteiger partial charge in [-0.2, -0.15) is 0 Å². The molecule has 3 aromatic heterocycles. The van der Waals surface area contributed by atoms with Crippen LogP contribution in [0.4, 0.5) is 5.82 Å². The SMILES string of the molecule is Cc1nc(C)c(CN(C)C2CN(c3nccn4cnnc34)C2)s1. The van der Waals surface area contributed by atoms with Gasteiger partial charge in [0, 0.05) is 42.9 Å². The maximum Gasteiger partial charge on any atom is 0.203 e. The highest BCUT2D eigenvalue weighted by atomic mass is 32.1. The van der Waals surface area contributed by atoms with Crippen molar-refractivity contribution in [3.05, 3.63) is 34.3 Å². The van der Waals surface area contributed by atoms with E-state index in [0.717, 1.165) is 41.8 Å². The van der Waals surface area contributed by atoms with Crippen LogP contribution in [0.15, 0.2) is 18.7 Å². The van der Waals surface area contributed by atoms with Gasteiger partial charge in [0.2, 0.25) is 5.65 Å². The molecule has 0 unspecified atom stereocenters. The van der Waals surface area contributed by atoms with Crippen LogP contribution in [0.25, 0.3) is 5.65 Å². The van der Waals surface area contributed by atoms with Crippen LogP contribution >= 0.6 is 11.3 Å². The fourth-order valence-corrected chi connectivity index (χ4v) is 3.95. The molecule has 0 amide bonds. The van der Waals surface area contributed by atoms with Crippen LogP contribution in [-0.4, -0.2) is 55.6 Å². The van der Waals surface area contributed by atoms with Crippen molar-refractivity contribution < 1.29 is 0 Å². The van der Waals surface area contributed by atoms with E-state index in [1.807, 2.05) is 10.6 Å². The van der Waals surface area contributed by atoms with Crippen LogP contribution in [0.1, 0.15) is 15.6 Å². The fourth-order valence-electron chi connectivity index (χ4n) is 2.95. The van der Waals surface area contributed by atoms with Gasteiger partial charge in [-0.15, -0.1) is 21.5 Å². The standard InChI is InChI=1S/C15H19N7S/c1-10-13(23-11(2)18-10)8-20(3)12-6-22(7-12)14-15-19-17-9-21(15)5-4-16-14/h4-5,9,12H,6-8H2,1-3H3. The van der Waals surface area contributed by atoms with Crippen LogP contribution in [0.2, 0.25) is 0 Å². The quantitative estimate of drug-likeness (QED) is 0.723. The van der Waals surface area contributed by atoms with E-state index in [2.05, 4.69) is 50.9 Å². The molecule has 0 bridgehead atoms. The van der Waals surface area contributed by atoms with E-state index in [4.69, 9.17) is 0 Å². The van der Waals surface area contributed by atoms with Crippen molar-refractivity contribution in [3.8, 4) is 0 Å². The fraction of sp³-hybridized carbons (Fsp3) is 0.467. The molecule has 0 N–H and O–H groups in total. The summed E-state index contributed by atoms with van der Waals surface area (Å²) in [5, 5.41) is 9.26. The van der Waals surface area contributed by atoms with Crippen molar-refractivity contribution in [2.45, 2.75) is 26.4 Å². The van der Waals surface area contributed by atoms with Crippen molar-refractivity contribution in [2.24, 2.45) is 0 Å². The number of hydrogen-bond donors (Lipinski definition) is 0. The molecule has 1 aliphatic heterocycles. The highest BCUT2D eigenvalue weighted by Gasteiger charge is 2.32. The molecule has 1 fully saturated rings.